The van der Waals surface area contributed by atoms with Crippen LogP contribution < -0.4 is 5.32 Å². The maximum absolute atomic E-state index is 11.2. The number of rotatable bonds is 0. The van der Waals surface area contributed by atoms with E-state index >= 15 is 0 Å². The summed E-state index contributed by atoms with van der Waals surface area (Å²) in [5.41, 5.74) is 0. The third-order valence-electron chi connectivity index (χ3n) is 2.42. The molecule has 0 radical (unpaired) electrons. The van der Waals surface area contributed by atoms with Gasteiger partial charge in [0.05, 0.1) is 0 Å². The highest BCUT2D eigenvalue weighted by atomic mass is 16.2. The van der Waals surface area contributed by atoms with Crippen LogP contribution in [0.25, 0.3) is 0 Å². The van der Waals surface area contributed by atoms with Gasteiger partial charge in [-0.1, -0.05) is 6.58 Å². The Kier molecular flexibility index (Phi) is 1.37. The van der Waals surface area contributed by atoms with E-state index in [-0.39, 0.29) is 11.9 Å². The number of nitrogens with zero attached hydrogens (tertiary/aromatic N) is 1. The average molecular weight is 152 g/mol. The molecule has 1 amide bonds. The summed E-state index contributed by atoms with van der Waals surface area (Å²) in [6.45, 7) is 4.77. The van der Waals surface area contributed by atoms with Crippen molar-refractivity contribution in [1.82, 2.24) is 10.2 Å². The Morgan fingerprint density at radius 1 is 1.55 bits per heavy atom. The van der Waals surface area contributed by atoms with E-state index in [9.17, 15) is 4.79 Å². The molecule has 2 rings (SSSR count). The van der Waals surface area contributed by atoms with Crippen molar-refractivity contribution in [2.24, 2.45) is 0 Å². The molecule has 1 unspecified atom stereocenters. The molecule has 2 heterocycles. The summed E-state index contributed by atoms with van der Waals surface area (Å²) in [5, 5.41) is 2.75. The van der Waals surface area contributed by atoms with E-state index in [1.54, 1.807) is 0 Å². The Bertz CT molecular complexity index is 190. The predicted molar refractivity (Wildman–Crippen MR) is 41.6 cm³/mol. The van der Waals surface area contributed by atoms with Crippen molar-refractivity contribution >= 4 is 5.91 Å². The molecule has 0 bridgehead atoms. The number of fused-ring (bicyclic) bond motifs is 1. The fourth-order valence-electron chi connectivity index (χ4n) is 1.82. The third kappa shape index (κ3) is 0.914. The summed E-state index contributed by atoms with van der Waals surface area (Å²) in [5.74, 6) is 0.925. The molecule has 2 saturated heterocycles. The maximum atomic E-state index is 11.2. The number of piperidine rings is 1. The Balaban J connectivity index is 2.19. The fraction of sp³-hybridized carbons (Fsp3) is 0.625. The molecule has 60 valence electrons. The summed E-state index contributed by atoms with van der Waals surface area (Å²) >= 11 is 0. The van der Waals surface area contributed by atoms with Gasteiger partial charge in [-0.2, -0.15) is 0 Å². The Morgan fingerprint density at radius 2 is 2.36 bits per heavy atom. The van der Waals surface area contributed by atoms with Gasteiger partial charge in [-0.15, -0.1) is 0 Å². The van der Waals surface area contributed by atoms with Crippen LogP contribution in [0.1, 0.15) is 19.3 Å². The van der Waals surface area contributed by atoms with Gasteiger partial charge in [0.2, 0.25) is 5.91 Å². The number of carbonyl (C=O) groups excluding carboxylic acids is 1. The first-order valence-electron chi connectivity index (χ1n) is 4.05. The molecular formula is C8H12N2O. The van der Waals surface area contributed by atoms with Crippen LogP contribution >= 0.6 is 0 Å². The van der Waals surface area contributed by atoms with Crippen molar-refractivity contribution in [3.8, 4) is 0 Å². The summed E-state index contributed by atoms with van der Waals surface area (Å²) in [6, 6.07) is 0.0937. The number of carbonyl (C=O) groups is 1. The van der Waals surface area contributed by atoms with Crippen LogP contribution in [0.4, 0.5) is 0 Å². The number of hydrogen-bond donors (Lipinski definition) is 1. The molecule has 0 spiro atoms. The molecule has 11 heavy (non-hydrogen) atoms. The highest BCUT2D eigenvalue weighted by Gasteiger charge is 2.35. The molecule has 0 aromatic rings. The third-order valence-corrected chi connectivity index (χ3v) is 2.42. The zero-order valence-corrected chi connectivity index (χ0v) is 6.47. The molecule has 2 aliphatic heterocycles. The van der Waals surface area contributed by atoms with Crippen molar-refractivity contribution < 1.29 is 4.79 Å². The van der Waals surface area contributed by atoms with Crippen molar-refractivity contribution in [2.45, 2.75) is 25.3 Å². The van der Waals surface area contributed by atoms with Crippen LogP contribution in [0.5, 0.6) is 0 Å². The molecule has 3 nitrogen and oxygen atoms in total. The lowest BCUT2D eigenvalue weighted by atomic mass is 10.0. The van der Waals surface area contributed by atoms with E-state index in [1.807, 2.05) is 0 Å². The molecule has 0 aromatic heterocycles. The quantitative estimate of drug-likeness (QED) is 0.546. The second-order valence-electron chi connectivity index (χ2n) is 3.14. The number of hydrogen-bond acceptors (Lipinski definition) is 2. The topological polar surface area (TPSA) is 32.3 Å². The SMILES string of the molecule is C=C1NC(=O)C2CCCCN12. The van der Waals surface area contributed by atoms with Gasteiger partial charge < -0.3 is 10.2 Å². The molecule has 0 aromatic carbocycles. The van der Waals surface area contributed by atoms with E-state index in [4.69, 9.17) is 0 Å². The standard InChI is InChI=1S/C8H12N2O/c1-6-9-8(11)7-4-2-3-5-10(6)7/h7H,1-5H2,(H,9,11). The van der Waals surface area contributed by atoms with Gasteiger partial charge in [-0.25, -0.2) is 0 Å². The zero-order valence-electron chi connectivity index (χ0n) is 6.47. The van der Waals surface area contributed by atoms with Crippen molar-refractivity contribution in [3.05, 3.63) is 12.4 Å². The second kappa shape index (κ2) is 2.26. The molecule has 3 heteroatoms. The van der Waals surface area contributed by atoms with Crippen LogP contribution in [0.2, 0.25) is 0 Å². The summed E-state index contributed by atoms with van der Waals surface area (Å²) in [6.07, 6.45) is 3.34. The number of nitrogens with one attached hydrogen (secondary N) is 1. The molecule has 0 saturated carbocycles. The van der Waals surface area contributed by atoms with Crippen LogP contribution in [0.3, 0.4) is 0 Å². The lowest BCUT2D eigenvalue weighted by molar-refractivity contribution is -0.122. The highest BCUT2D eigenvalue weighted by Crippen LogP contribution is 2.24. The van der Waals surface area contributed by atoms with Crippen molar-refractivity contribution in [3.63, 3.8) is 0 Å². The number of amides is 1. The van der Waals surface area contributed by atoms with Gasteiger partial charge in [0.15, 0.2) is 0 Å². The van der Waals surface area contributed by atoms with Gasteiger partial charge in [-0.3, -0.25) is 4.79 Å². The predicted octanol–water partition coefficient (Wildman–Crippen LogP) is 0.442. The molecule has 1 N–H and O–H groups in total. The van der Waals surface area contributed by atoms with Crippen LogP contribution in [-0.2, 0) is 4.79 Å². The average Bonchev–Trinajstić information content (AvgIpc) is 2.30. The van der Waals surface area contributed by atoms with Crippen LogP contribution in [-0.4, -0.2) is 23.4 Å². The first kappa shape index (κ1) is 6.70. The zero-order chi connectivity index (χ0) is 7.84. The van der Waals surface area contributed by atoms with E-state index in [1.165, 1.54) is 12.8 Å². The molecule has 2 aliphatic rings. The fourth-order valence-corrected chi connectivity index (χ4v) is 1.82. The lowest BCUT2D eigenvalue weighted by Crippen LogP contribution is -2.36. The summed E-state index contributed by atoms with van der Waals surface area (Å²) in [7, 11) is 0. The second-order valence-corrected chi connectivity index (χ2v) is 3.14. The first-order valence-corrected chi connectivity index (χ1v) is 4.05. The first-order chi connectivity index (χ1) is 5.29. The Hall–Kier alpha value is -0.990. The minimum atomic E-state index is 0.0937. The van der Waals surface area contributed by atoms with Crippen molar-refractivity contribution in [2.75, 3.05) is 6.54 Å². The van der Waals surface area contributed by atoms with Gasteiger partial charge >= 0.3 is 0 Å². The molecule has 2 fully saturated rings. The largest absolute Gasteiger partial charge is 0.347 e. The van der Waals surface area contributed by atoms with E-state index in [0.717, 1.165) is 18.8 Å². The highest BCUT2D eigenvalue weighted by molar-refractivity contribution is 5.86. The van der Waals surface area contributed by atoms with Gasteiger partial charge in [-0.05, 0) is 19.3 Å². The van der Waals surface area contributed by atoms with Gasteiger partial charge in [0.25, 0.3) is 0 Å². The minimum absolute atomic E-state index is 0.0937. The van der Waals surface area contributed by atoms with E-state index < -0.39 is 0 Å². The Labute approximate surface area is 66.1 Å². The monoisotopic (exact) mass is 152 g/mol. The van der Waals surface area contributed by atoms with Gasteiger partial charge in [0, 0.05) is 6.54 Å². The smallest absolute Gasteiger partial charge is 0.248 e. The molecular weight excluding hydrogens is 140 g/mol. The Morgan fingerprint density at radius 3 is 3.09 bits per heavy atom. The van der Waals surface area contributed by atoms with Crippen LogP contribution in [0, 0.1) is 0 Å². The normalized spacial score (nSPS) is 30.2. The molecule has 0 aliphatic carbocycles. The van der Waals surface area contributed by atoms with Crippen LogP contribution in [0.15, 0.2) is 12.4 Å². The lowest BCUT2D eigenvalue weighted by Gasteiger charge is -2.28. The summed E-state index contributed by atoms with van der Waals surface area (Å²) < 4.78 is 0. The van der Waals surface area contributed by atoms with Gasteiger partial charge in [0.1, 0.15) is 11.9 Å². The maximum Gasteiger partial charge on any atom is 0.248 e. The van der Waals surface area contributed by atoms with E-state index in [2.05, 4.69) is 16.8 Å². The summed E-state index contributed by atoms with van der Waals surface area (Å²) in [4.78, 5) is 13.3. The van der Waals surface area contributed by atoms with Crippen molar-refractivity contribution in [1.29, 1.82) is 0 Å². The minimum Gasteiger partial charge on any atom is -0.347 e. The molecule has 1 atom stereocenters. The van der Waals surface area contributed by atoms with E-state index in [0.29, 0.717) is 0 Å².